The number of hydrogen-bond acceptors (Lipinski definition) is 9. The number of fused-ring (bicyclic) bond motifs is 3. The monoisotopic (exact) mass is 660 g/mol. The van der Waals surface area contributed by atoms with Crippen molar-refractivity contribution in [2.45, 2.75) is 46.7 Å². The average Bonchev–Trinajstić information content (AvgIpc) is 3.44. The van der Waals surface area contributed by atoms with Crippen molar-refractivity contribution in [3.63, 3.8) is 0 Å². The summed E-state index contributed by atoms with van der Waals surface area (Å²) in [5, 5.41) is 10.6. The summed E-state index contributed by atoms with van der Waals surface area (Å²) >= 11 is 0. The molecule has 13 heteroatoms. The van der Waals surface area contributed by atoms with Gasteiger partial charge in [-0.1, -0.05) is 26.0 Å². The number of carbonyl (C=O) groups excluding carboxylic acids is 3. The molecule has 0 saturated carbocycles. The summed E-state index contributed by atoms with van der Waals surface area (Å²) in [6.45, 7) is 12.4. The maximum absolute atomic E-state index is 13.7. The summed E-state index contributed by atoms with van der Waals surface area (Å²) in [6.07, 6.45) is 0.479. The Kier molecular flexibility index (Phi) is 11.5. The lowest BCUT2D eigenvalue weighted by Gasteiger charge is -2.36. The fraction of sp³-hybridized carbons (Fsp3) is 0.514. The van der Waals surface area contributed by atoms with Gasteiger partial charge in [-0.2, -0.15) is 5.10 Å². The second kappa shape index (κ2) is 16.0. The standard InChI is InChI=1S/C35H48N8O5/c1-24(2)33-34-37-26(4)39-43(34)18-19-48-30-21-27(10-11-29(30)47-5)35(46)36-12-7-13-42(22-31(44)38-33)32(45)23-40-14-16-41(17-15-40)28-9-6-8-25(3)20-28/h6,8-11,20-21,24,33H,7,12-19,22-23H2,1-5H3,(H,36,46)(H,38,44)/t33-/m0/s1. The lowest BCUT2D eigenvalue weighted by atomic mass is 10.0. The van der Waals surface area contributed by atoms with Gasteiger partial charge < -0.3 is 29.9 Å². The van der Waals surface area contributed by atoms with E-state index in [4.69, 9.17) is 9.47 Å². The van der Waals surface area contributed by atoms with Gasteiger partial charge in [0.2, 0.25) is 11.8 Å². The van der Waals surface area contributed by atoms with E-state index in [-0.39, 0.29) is 43.3 Å². The Morgan fingerprint density at radius 3 is 2.56 bits per heavy atom. The van der Waals surface area contributed by atoms with Crippen molar-refractivity contribution in [2.24, 2.45) is 5.92 Å². The molecule has 2 aromatic carbocycles. The lowest BCUT2D eigenvalue weighted by molar-refractivity contribution is -0.137. The number of rotatable bonds is 5. The van der Waals surface area contributed by atoms with E-state index in [2.05, 4.69) is 61.7 Å². The number of piperazine rings is 1. The van der Waals surface area contributed by atoms with Crippen LogP contribution in [-0.2, 0) is 16.1 Å². The van der Waals surface area contributed by atoms with Crippen molar-refractivity contribution in [1.29, 1.82) is 0 Å². The number of carbonyl (C=O) groups is 3. The van der Waals surface area contributed by atoms with E-state index < -0.39 is 6.04 Å². The number of ether oxygens (including phenoxy) is 2. The van der Waals surface area contributed by atoms with Crippen molar-refractivity contribution < 1.29 is 23.9 Å². The summed E-state index contributed by atoms with van der Waals surface area (Å²) in [7, 11) is 1.55. The highest BCUT2D eigenvalue weighted by Gasteiger charge is 2.28. The Balaban J connectivity index is 1.32. The molecule has 0 spiro atoms. The number of nitrogens with zero attached hydrogens (tertiary/aromatic N) is 6. The molecule has 48 heavy (non-hydrogen) atoms. The Hall–Kier alpha value is -4.65. The van der Waals surface area contributed by atoms with Crippen LogP contribution < -0.4 is 25.0 Å². The number of amides is 3. The fourth-order valence-corrected chi connectivity index (χ4v) is 6.11. The van der Waals surface area contributed by atoms with Crippen LogP contribution in [0.4, 0.5) is 5.69 Å². The van der Waals surface area contributed by atoms with Gasteiger partial charge in [-0.15, -0.1) is 0 Å². The van der Waals surface area contributed by atoms with Gasteiger partial charge in [-0.25, -0.2) is 9.67 Å². The first-order chi connectivity index (χ1) is 23.1. The van der Waals surface area contributed by atoms with E-state index in [1.54, 1.807) is 34.9 Å². The van der Waals surface area contributed by atoms with Crippen LogP contribution in [0, 0.1) is 19.8 Å². The molecule has 0 radical (unpaired) electrons. The summed E-state index contributed by atoms with van der Waals surface area (Å²) in [6, 6.07) is 13.1. The highest BCUT2D eigenvalue weighted by molar-refractivity contribution is 5.94. The predicted molar refractivity (Wildman–Crippen MR) is 182 cm³/mol. The van der Waals surface area contributed by atoms with Crippen LogP contribution in [0.25, 0.3) is 0 Å². The molecule has 2 N–H and O–H groups in total. The van der Waals surface area contributed by atoms with Crippen LogP contribution in [0.5, 0.6) is 11.5 Å². The third kappa shape index (κ3) is 8.82. The van der Waals surface area contributed by atoms with Gasteiger partial charge in [0.1, 0.15) is 18.3 Å². The minimum atomic E-state index is -0.429. The number of hydrogen-bond donors (Lipinski definition) is 2. The molecule has 1 aromatic heterocycles. The van der Waals surface area contributed by atoms with E-state index in [0.717, 1.165) is 26.2 Å². The Bertz CT molecular complexity index is 1580. The molecule has 13 nitrogen and oxygen atoms in total. The second-order valence-corrected chi connectivity index (χ2v) is 12.8. The number of aromatic nitrogens is 3. The Morgan fingerprint density at radius 1 is 1.04 bits per heavy atom. The molecule has 5 rings (SSSR count). The van der Waals surface area contributed by atoms with Crippen molar-refractivity contribution in [3.05, 3.63) is 65.2 Å². The Morgan fingerprint density at radius 2 is 1.83 bits per heavy atom. The van der Waals surface area contributed by atoms with Gasteiger partial charge in [-0.3, -0.25) is 19.3 Å². The maximum atomic E-state index is 13.7. The third-order valence-corrected chi connectivity index (χ3v) is 8.73. The summed E-state index contributed by atoms with van der Waals surface area (Å²) in [5.74, 6) is 1.48. The number of benzene rings is 2. The minimum absolute atomic E-state index is 0.00338. The van der Waals surface area contributed by atoms with Crippen molar-refractivity contribution in [3.8, 4) is 11.5 Å². The van der Waals surface area contributed by atoms with E-state index >= 15 is 0 Å². The molecule has 1 atom stereocenters. The quantitative estimate of drug-likeness (QED) is 0.424. The van der Waals surface area contributed by atoms with Crippen molar-refractivity contribution in [2.75, 3.05) is 71.0 Å². The van der Waals surface area contributed by atoms with Gasteiger partial charge in [-0.05, 0) is 62.1 Å². The second-order valence-electron chi connectivity index (χ2n) is 12.8. The molecular weight excluding hydrogens is 612 g/mol. The van der Waals surface area contributed by atoms with E-state index in [9.17, 15) is 14.4 Å². The highest BCUT2D eigenvalue weighted by Crippen LogP contribution is 2.28. The molecule has 3 aromatic rings. The zero-order chi connectivity index (χ0) is 34.2. The van der Waals surface area contributed by atoms with Crippen LogP contribution in [0.15, 0.2) is 42.5 Å². The van der Waals surface area contributed by atoms with Crippen LogP contribution >= 0.6 is 0 Å². The molecule has 258 valence electrons. The molecule has 2 aliphatic heterocycles. The molecule has 0 unspecified atom stereocenters. The minimum Gasteiger partial charge on any atom is -0.493 e. The summed E-state index contributed by atoms with van der Waals surface area (Å²) in [4.78, 5) is 51.1. The lowest BCUT2D eigenvalue weighted by Crippen LogP contribution is -2.51. The fourth-order valence-electron chi connectivity index (χ4n) is 6.11. The van der Waals surface area contributed by atoms with Gasteiger partial charge in [0.05, 0.1) is 32.8 Å². The smallest absolute Gasteiger partial charge is 0.251 e. The summed E-state index contributed by atoms with van der Waals surface area (Å²) < 4.78 is 13.3. The largest absolute Gasteiger partial charge is 0.493 e. The van der Waals surface area contributed by atoms with Crippen LogP contribution in [0.2, 0.25) is 0 Å². The van der Waals surface area contributed by atoms with Crippen LogP contribution in [-0.4, -0.2) is 108 Å². The first-order valence-electron chi connectivity index (χ1n) is 16.7. The van der Waals surface area contributed by atoms with Gasteiger partial charge in [0.25, 0.3) is 5.91 Å². The molecule has 3 heterocycles. The van der Waals surface area contributed by atoms with Crippen molar-refractivity contribution >= 4 is 23.4 Å². The topological polar surface area (TPSA) is 134 Å². The van der Waals surface area contributed by atoms with E-state index in [1.165, 1.54) is 11.3 Å². The normalized spacial score (nSPS) is 18.7. The van der Waals surface area contributed by atoms with Crippen molar-refractivity contribution in [1.82, 2.24) is 35.2 Å². The number of aryl methyl sites for hydroxylation is 2. The first kappa shape index (κ1) is 34.7. The number of nitrogens with one attached hydrogen (secondary N) is 2. The highest BCUT2D eigenvalue weighted by atomic mass is 16.5. The van der Waals surface area contributed by atoms with E-state index in [0.29, 0.717) is 54.8 Å². The SMILES string of the molecule is COc1ccc2cc1OCCn1nc(C)nc1[C@H](C(C)C)NC(=O)CN(C(=O)CN1CCN(c3cccc(C)c3)CC1)CCCNC2=O. The molecule has 0 aliphatic carbocycles. The average molecular weight is 661 g/mol. The zero-order valence-electron chi connectivity index (χ0n) is 28.7. The molecular formula is C35H48N8O5. The predicted octanol–water partition coefficient (Wildman–Crippen LogP) is 2.58. The zero-order valence-corrected chi connectivity index (χ0v) is 28.7. The third-order valence-electron chi connectivity index (χ3n) is 8.73. The van der Waals surface area contributed by atoms with Crippen LogP contribution in [0.1, 0.15) is 53.9 Å². The maximum Gasteiger partial charge on any atom is 0.251 e. The number of methoxy groups -OCH3 is 1. The number of anilines is 1. The molecule has 1 saturated heterocycles. The first-order valence-corrected chi connectivity index (χ1v) is 16.7. The van der Waals surface area contributed by atoms with Crippen LogP contribution in [0.3, 0.4) is 0 Å². The molecule has 3 amide bonds. The van der Waals surface area contributed by atoms with E-state index in [1.807, 2.05) is 20.8 Å². The van der Waals surface area contributed by atoms with Gasteiger partial charge in [0, 0.05) is 50.5 Å². The summed E-state index contributed by atoms with van der Waals surface area (Å²) in [5.41, 5.74) is 2.84. The molecule has 2 aliphatic rings. The van der Waals surface area contributed by atoms with Gasteiger partial charge in [0.15, 0.2) is 11.5 Å². The Labute approximate surface area is 282 Å². The van der Waals surface area contributed by atoms with Gasteiger partial charge >= 0.3 is 0 Å². The molecule has 1 fully saturated rings. The molecule has 2 bridgehead atoms.